The second-order valence-electron chi connectivity index (χ2n) is 6.04. The van der Waals surface area contributed by atoms with Gasteiger partial charge in [0.05, 0.1) is 32.9 Å². The van der Waals surface area contributed by atoms with E-state index in [1.165, 1.54) is 10.8 Å². The van der Waals surface area contributed by atoms with E-state index in [2.05, 4.69) is 15.9 Å². The molecule has 2 aromatic rings. The van der Waals surface area contributed by atoms with Gasteiger partial charge in [-0.3, -0.25) is 19.5 Å². The number of rotatable bonds is 2. The van der Waals surface area contributed by atoms with Gasteiger partial charge >= 0.3 is 0 Å². The lowest BCUT2D eigenvalue weighted by Gasteiger charge is -2.31. The molecular weight excluding hydrogens is 390 g/mol. The highest BCUT2D eigenvalue weighted by Gasteiger charge is 2.29. The highest BCUT2D eigenvalue weighted by Crippen LogP contribution is 2.37. The number of fused-ring (bicyclic) bond motifs is 1. The van der Waals surface area contributed by atoms with Crippen molar-refractivity contribution in [3.05, 3.63) is 72.6 Å². The summed E-state index contributed by atoms with van der Waals surface area (Å²) in [5, 5.41) is 20.3. The van der Waals surface area contributed by atoms with Crippen molar-refractivity contribution in [1.29, 1.82) is 5.26 Å². The predicted molar refractivity (Wildman–Crippen MR) is 94.3 cm³/mol. The standard InChI is InChI=1S/C17H12BrN3O4/c1-17(2)7-14(12-5-10(8-19)3-4-15(12)25-17)20-9-11(21(23)24)6-13(18)16(20)22/h3-7,9H,1-2H3. The van der Waals surface area contributed by atoms with Crippen molar-refractivity contribution < 1.29 is 9.66 Å². The van der Waals surface area contributed by atoms with Crippen LogP contribution in [0.3, 0.4) is 0 Å². The highest BCUT2D eigenvalue weighted by atomic mass is 79.9. The Morgan fingerprint density at radius 1 is 1.36 bits per heavy atom. The summed E-state index contributed by atoms with van der Waals surface area (Å²) in [4.78, 5) is 23.1. The van der Waals surface area contributed by atoms with Crippen LogP contribution >= 0.6 is 15.9 Å². The van der Waals surface area contributed by atoms with E-state index in [-0.39, 0.29) is 10.2 Å². The van der Waals surface area contributed by atoms with Crippen LogP contribution < -0.4 is 10.3 Å². The summed E-state index contributed by atoms with van der Waals surface area (Å²) in [6, 6.07) is 8.06. The summed E-state index contributed by atoms with van der Waals surface area (Å²) in [5.74, 6) is 0.496. The summed E-state index contributed by atoms with van der Waals surface area (Å²) >= 11 is 3.08. The number of benzene rings is 1. The van der Waals surface area contributed by atoms with E-state index in [9.17, 15) is 14.9 Å². The van der Waals surface area contributed by atoms with E-state index in [0.717, 1.165) is 6.07 Å². The summed E-state index contributed by atoms with van der Waals surface area (Å²) in [6.07, 6.45) is 2.87. The molecular formula is C17H12BrN3O4. The first-order chi connectivity index (χ1) is 11.7. The molecule has 0 unspecified atom stereocenters. The normalized spacial score (nSPS) is 14.7. The van der Waals surface area contributed by atoms with Crippen LogP contribution in [-0.2, 0) is 0 Å². The third kappa shape index (κ3) is 3.06. The average molecular weight is 402 g/mol. The molecule has 0 radical (unpaired) electrons. The quantitative estimate of drug-likeness (QED) is 0.566. The Morgan fingerprint density at radius 2 is 2.08 bits per heavy atom. The predicted octanol–water partition coefficient (Wildman–Crippen LogP) is 3.45. The maximum absolute atomic E-state index is 12.6. The van der Waals surface area contributed by atoms with E-state index < -0.39 is 16.1 Å². The second kappa shape index (κ2) is 5.86. The zero-order valence-electron chi connectivity index (χ0n) is 13.3. The molecule has 8 heteroatoms. The molecule has 1 aromatic carbocycles. The fourth-order valence-corrected chi connectivity index (χ4v) is 3.05. The van der Waals surface area contributed by atoms with Crippen LogP contribution in [0.1, 0.15) is 25.0 Å². The first-order valence-electron chi connectivity index (χ1n) is 7.25. The van der Waals surface area contributed by atoms with Crippen molar-refractivity contribution in [3.63, 3.8) is 0 Å². The number of halogens is 1. The maximum atomic E-state index is 12.6. The fraction of sp³-hybridized carbons (Fsp3) is 0.176. The molecule has 0 saturated heterocycles. The number of hydrogen-bond donors (Lipinski definition) is 0. The number of nitrogens with zero attached hydrogens (tertiary/aromatic N) is 3. The Labute approximate surface area is 151 Å². The van der Waals surface area contributed by atoms with Gasteiger partial charge in [0.15, 0.2) is 0 Å². The molecule has 0 amide bonds. The number of pyridine rings is 1. The number of ether oxygens (including phenoxy) is 1. The smallest absolute Gasteiger partial charge is 0.287 e. The second-order valence-corrected chi connectivity index (χ2v) is 6.89. The van der Waals surface area contributed by atoms with Gasteiger partial charge in [-0.2, -0.15) is 5.26 Å². The molecule has 1 aliphatic heterocycles. The van der Waals surface area contributed by atoms with Crippen molar-refractivity contribution >= 4 is 27.3 Å². The van der Waals surface area contributed by atoms with Crippen LogP contribution in [0, 0.1) is 21.4 Å². The zero-order valence-corrected chi connectivity index (χ0v) is 14.9. The van der Waals surface area contributed by atoms with Gasteiger partial charge < -0.3 is 4.74 Å². The van der Waals surface area contributed by atoms with Crippen LogP contribution in [0.15, 0.2) is 45.8 Å². The molecule has 1 aliphatic rings. The van der Waals surface area contributed by atoms with Crippen LogP contribution in [0.4, 0.5) is 5.69 Å². The number of hydrogen-bond acceptors (Lipinski definition) is 5. The van der Waals surface area contributed by atoms with Crippen molar-refractivity contribution in [2.45, 2.75) is 19.4 Å². The Balaban J connectivity index is 2.33. The summed E-state index contributed by atoms with van der Waals surface area (Å²) in [5.41, 5.74) is -0.0545. The van der Waals surface area contributed by atoms with E-state index in [4.69, 9.17) is 10.00 Å². The Morgan fingerprint density at radius 3 is 2.72 bits per heavy atom. The van der Waals surface area contributed by atoms with Crippen LogP contribution in [-0.4, -0.2) is 15.1 Å². The molecule has 0 atom stereocenters. The first kappa shape index (κ1) is 16.9. The average Bonchev–Trinajstić information content (AvgIpc) is 2.55. The van der Waals surface area contributed by atoms with E-state index in [1.54, 1.807) is 24.3 Å². The third-order valence-corrected chi connectivity index (χ3v) is 4.24. The number of nitriles is 1. The van der Waals surface area contributed by atoms with Crippen molar-refractivity contribution in [2.24, 2.45) is 0 Å². The van der Waals surface area contributed by atoms with Gasteiger partial charge in [-0.15, -0.1) is 0 Å². The van der Waals surface area contributed by atoms with Crippen molar-refractivity contribution in [3.8, 4) is 11.8 Å². The molecule has 3 rings (SSSR count). The molecule has 0 spiro atoms. The molecule has 0 N–H and O–H groups in total. The van der Waals surface area contributed by atoms with E-state index >= 15 is 0 Å². The highest BCUT2D eigenvalue weighted by molar-refractivity contribution is 9.10. The molecule has 0 aliphatic carbocycles. The summed E-state index contributed by atoms with van der Waals surface area (Å²) < 4.78 is 7.15. The van der Waals surface area contributed by atoms with Crippen molar-refractivity contribution in [1.82, 2.24) is 4.57 Å². The lowest BCUT2D eigenvalue weighted by Crippen LogP contribution is -2.32. The monoisotopic (exact) mass is 401 g/mol. The van der Waals surface area contributed by atoms with Gasteiger partial charge in [-0.05, 0) is 54.1 Å². The molecule has 0 bridgehead atoms. The van der Waals surface area contributed by atoms with E-state index in [0.29, 0.717) is 22.6 Å². The lowest BCUT2D eigenvalue weighted by atomic mass is 9.97. The Bertz CT molecular complexity index is 1030. The van der Waals surface area contributed by atoms with Crippen molar-refractivity contribution in [2.75, 3.05) is 0 Å². The Hall–Kier alpha value is -2.92. The topological polar surface area (TPSA) is 98.2 Å². The fourth-order valence-electron chi connectivity index (χ4n) is 2.62. The molecule has 0 fully saturated rings. The zero-order chi connectivity index (χ0) is 18.4. The summed E-state index contributed by atoms with van der Waals surface area (Å²) in [7, 11) is 0. The SMILES string of the molecule is CC1(C)C=C(n2cc([N+](=O)[O-])cc(Br)c2=O)c2cc(C#N)ccc2O1. The number of aromatic nitrogens is 1. The largest absolute Gasteiger partial charge is 0.483 e. The van der Waals surface area contributed by atoms with Gasteiger partial charge in [0, 0.05) is 11.6 Å². The van der Waals surface area contributed by atoms with Crippen LogP contribution in [0.2, 0.25) is 0 Å². The lowest BCUT2D eigenvalue weighted by molar-refractivity contribution is -0.385. The minimum atomic E-state index is -0.729. The molecule has 7 nitrogen and oxygen atoms in total. The minimum absolute atomic E-state index is 0.0740. The van der Waals surface area contributed by atoms with Gasteiger partial charge in [0.2, 0.25) is 0 Å². The van der Waals surface area contributed by atoms with Gasteiger partial charge in [-0.25, -0.2) is 0 Å². The van der Waals surface area contributed by atoms with Crippen LogP contribution in [0.25, 0.3) is 5.70 Å². The molecule has 25 heavy (non-hydrogen) atoms. The number of nitro groups is 1. The molecule has 1 aromatic heterocycles. The van der Waals surface area contributed by atoms with Gasteiger partial charge in [0.1, 0.15) is 11.4 Å². The Kier molecular flexibility index (Phi) is 3.97. The summed E-state index contributed by atoms with van der Waals surface area (Å²) in [6.45, 7) is 3.62. The first-order valence-corrected chi connectivity index (χ1v) is 8.04. The molecule has 0 saturated carbocycles. The molecule has 2 heterocycles. The van der Waals surface area contributed by atoms with Gasteiger partial charge in [-0.1, -0.05) is 0 Å². The van der Waals surface area contributed by atoms with Gasteiger partial charge in [0.25, 0.3) is 11.2 Å². The maximum Gasteiger partial charge on any atom is 0.287 e. The minimum Gasteiger partial charge on any atom is -0.483 e. The third-order valence-electron chi connectivity index (χ3n) is 3.67. The van der Waals surface area contributed by atoms with Crippen LogP contribution in [0.5, 0.6) is 5.75 Å². The molecule has 126 valence electrons. The van der Waals surface area contributed by atoms with E-state index in [1.807, 2.05) is 19.9 Å².